The third-order valence-corrected chi connectivity index (χ3v) is 4.03. The smallest absolute Gasteiger partial charge is 0.412 e. The van der Waals surface area contributed by atoms with Crippen LogP contribution in [0.2, 0.25) is 0 Å². The fraction of sp³-hybridized carbons (Fsp3) is 0.467. The summed E-state index contributed by atoms with van der Waals surface area (Å²) in [5.41, 5.74) is 0.433. The molecule has 0 aliphatic carbocycles. The molecule has 0 saturated carbocycles. The van der Waals surface area contributed by atoms with Gasteiger partial charge in [0.15, 0.2) is 5.75 Å². The summed E-state index contributed by atoms with van der Waals surface area (Å²) in [5, 5.41) is 2.59. The Bertz CT molecular complexity index is 746. The van der Waals surface area contributed by atoms with Gasteiger partial charge in [0, 0.05) is 5.69 Å². The number of nitrogens with one attached hydrogen (secondary N) is 1. The van der Waals surface area contributed by atoms with Crippen molar-refractivity contribution in [2.45, 2.75) is 39.1 Å². The van der Waals surface area contributed by atoms with Crippen molar-refractivity contribution in [3.8, 4) is 5.75 Å². The molecular formula is C15H22BNO7S. The Morgan fingerprint density at radius 2 is 1.96 bits per heavy atom. The van der Waals surface area contributed by atoms with Gasteiger partial charge in [0.05, 0.1) is 0 Å². The highest BCUT2D eigenvalue weighted by Gasteiger charge is 2.21. The Morgan fingerprint density at radius 1 is 1.32 bits per heavy atom. The molecular weight excluding hydrogens is 349 g/mol. The van der Waals surface area contributed by atoms with Gasteiger partial charge in [0.2, 0.25) is 0 Å². The number of anilines is 1. The van der Waals surface area contributed by atoms with Gasteiger partial charge in [-0.3, -0.25) is 14.7 Å². The van der Waals surface area contributed by atoms with Gasteiger partial charge in [0.1, 0.15) is 19.2 Å². The summed E-state index contributed by atoms with van der Waals surface area (Å²) in [6.45, 7) is 5.49. The lowest BCUT2D eigenvalue weighted by Gasteiger charge is -2.23. The predicted octanol–water partition coefficient (Wildman–Crippen LogP) is 1.35. The summed E-state index contributed by atoms with van der Waals surface area (Å²) in [4.78, 5) is 23.4. The van der Waals surface area contributed by atoms with Gasteiger partial charge in [-0.05, 0) is 44.0 Å². The summed E-state index contributed by atoms with van der Waals surface area (Å²) in [5.74, 6) is -2.07. The van der Waals surface area contributed by atoms with Crippen molar-refractivity contribution in [3.63, 3.8) is 0 Å². The quantitative estimate of drug-likeness (QED) is 0.321. The number of ether oxygens (including phenoxy) is 2. The van der Waals surface area contributed by atoms with E-state index in [0.29, 0.717) is 24.0 Å². The number of hydrogen-bond donors (Lipinski definition) is 2. The van der Waals surface area contributed by atoms with E-state index < -0.39 is 33.5 Å². The van der Waals surface area contributed by atoms with E-state index in [4.69, 9.17) is 14.0 Å². The topological polar surface area (TPSA) is 119 Å². The SMILES string of the molecule is BCc1cc(NC(=O)OC(C)(C)CC)ccc1OC(=O)CS(=O)(=O)O. The van der Waals surface area contributed by atoms with Crippen LogP contribution in [0.3, 0.4) is 0 Å². The third kappa shape index (κ3) is 7.57. The molecule has 0 fully saturated rings. The van der Waals surface area contributed by atoms with E-state index in [1.54, 1.807) is 27.8 Å². The molecule has 1 rings (SSSR count). The summed E-state index contributed by atoms with van der Waals surface area (Å²) < 4.78 is 40.3. The van der Waals surface area contributed by atoms with Gasteiger partial charge in [-0.1, -0.05) is 13.2 Å². The average Bonchev–Trinajstić information content (AvgIpc) is 2.46. The Hall–Kier alpha value is -2.07. The zero-order valence-corrected chi connectivity index (χ0v) is 15.5. The van der Waals surface area contributed by atoms with E-state index in [1.165, 1.54) is 12.1 Å². The minimum atomic E-state index is -4.46. The fourth-order valence-electron chi connectivity index (χ4n) is 1.80. The first-order valence-corrected chi connectivity index (χ1v) is 9.35. The van der Waals surface area contributed by atoms with Crippen LogP contribution in [0.4, 0.5) is 10.5 Å². The van der Waals surface area contributed by atoms with E-state index in [9.17, 15) is 18.0 Å². The molecule has 0 aliphatic heterocycles. The molecule has 10 heteroatoms. The van der Waals surface area contributed by atoms with Crippen LogP contribution in [0, 0.1) is 0 Å². The highest BCUT2D eigenvalue weighted by atomic mass is 32.2. The highest BCUT2D eigenvalue weighted by molar-refractivity contribution is 7.86. The molecule has 0 radical (unpaired) electrons. The molecule has 0 spiro atoms. The number of esters is 1. The molecule has 0 saturated heterocycles. The third-order valence-electron chi connectivity index (χ3n) is 3.43. The van der Waals surface area contributed by atoms with E-state index >= 15 is 0 Å². The van der Waals surface area contributed by atoms with Crippen molar-refractivity contribution >= 4 is 35.7 Å². The number of hydrogen-bond acceptors (Lipinski definition) is 6. The van der Waals surface area contributed by atoms with Crippen molar-refractivity contribution in [1.29, 1.82) is 0 Å². The minimum Gasteiger partial charge on any atom is -0.443 e. The van der Waals surface area contributed by atoms with Gasteiger partial charge in [-0.25, -0.2) is 4.79 Å². The number of carbonyl (C=O) groups excluding carboxylic acids is 2. The molecule has 0 aliphatic rings. The molecule has 8 nitrogen and oxygen atoms in total. The van der Waals surface area contributed by atoms with Crippen molar-refractivity contribution in [3.05, 3.63) is 23.8 Å². The molecule has 0 atom stereocenters. The second-order valence-electron chi connectivity index (χ2n) is 6.00. The van der Waals surface area contributed by atoms with Crippen LogP contribution in [-0.2, 0) is 26.0 Å². The van der Waals surface area contributed by atoms with Gasteiger partial charge in [-0.15, -0.1) is 0 Å². The summed E-state index contributed by atoms with van der Waals surface area (Å²) in [6.07, 6.45) is 0.521. The zero-order chi connectivity index (χ0) is 19.3. The number of carbonyl (C=O) groups is 2. The first kappa shape index (κ1) is 21.0. The van der Waals surface area contributed by atoms with Gasteiger partial charge in [0.25, 0.3) is 10.1 Å². The van der Waals surface area contributed by atoms with Crippen LogP contribution in [-0.4, -0.2) is 44.2 Å². The number of rotatable bonds is 7. The molecule has 0 bridgehead atoms. The maximum absolute atomic E-state index is 11.9. The van der Waals surface area contributed by atoms with Gasteiger partial charge < -0.3 is 9.47 Å². The van der Waals surface area contributed by atoms with Crippen LogP contribution < -0.4 is 10.1 Å². The van der Waals surface area contributed by atoms with Gasteiger partial charge in [-0.2, -0.15) is 8.42 Å². The Balaban J connectivity index is 2.84. The molecule has 0 heterocycles. The molecule has 1 amide bonds. The minimum absolute atomic E-state index is 0.156. The normalized spacial score (nSPS) is 11.7. The lowest BCUT2D eigenvalue weighted by molar-refractivity contribution is -0.131. The standard InChI is InChI=1S/C15H22BNO7S/c1-4-15(2,3)24-14(19)17-11-5-6-12(10(7-11)8-16)23-13(18)9-25(20,21)22/h5-7H,4,8-9,16H2,1-3H3,(H,17,19)(H,20,21,22). The molecule has 2 N–H and O–H groups in total. The Morgan fingerprint density at radius 3 is 2.48 bits per heavy atom. The largest absolute Gasteiger partial charge is 0.443 e. The molecule has 0 aromatic heterocycles. The van der Waals surface area contributed by atoms with E-state index in [2.05, 4.69) is 5.32 Å². The number of amides is 1. The summed E-state index contributed by atoms with van der Waals surface area (Å²) in [6, 6.07) is 4.52. The first-order chi connectivity index (χ1) is 11.5. The van der Waals surface area contributed by atoms with Crippen molar-refractivity contribution in [2.75, 3.05) is 11.1 Å². The maximum atomic E-state index is 11.9. The fourth-order valence-corrected chi connectivity index (χ4v) is 2.16. The summed E-state index contributed by atoms with van der Waals surface area (Å²) in [7, 11) is -2.65. The predicted molar refractivity (Wildman–Crippen MR) is 95.2 cm³/mol. The van der Waals surface area contributed by atoms with Gasteiger partial charge >= 0.3 is 12.1 Å². The lowest BCUT2D eigenvalue weighted by Crippen LogP contribution is -2.29. The van der Waals surface area contributed by atoms with Crippen molar-refractivity contribution < 1.29 is 32.0 Å². The Labute approximate surface area is 148 Å². The van der Waals surface area contributed by atoms with Crippen LogP contribution in [0.25, 0.3) is 0 Å². The zero-order valence-electron chi connectivity index (χ0n) is 14.7. The Kier molecular flexibility index (Phi) is 7.01. The van der Waals surface area contributed by atoms with Crippen LogP contribution >= 0.6 is 0 Å². The molecule has 25 heavy (non-hydrogen) atoms. The summed E-state index contributed by atoms with van der Waals surface area (Å²) >= 11 is 0. The van der Waals surface area contributed by atoms with Crippen LogP contribution in [0.5, 0.6) is 5.75 Å². The van der Waals surface area contributed by atoms with Crippen molar-refractivity contribution in [2.24, 2.45) is 0 Å². The lowest BCUT2D eigenvalue weighted by atomic mass is 9.96. The molecule has 1 aromatic rings. The molecule has 0 unspecified atom stereocenters. The van der Waals surface area contributed by atoms with E-state index in [-0.39, 0.29) is 5.75 Å². The van der Waals surface area contributed by atoms with Crippen molar-refractivity contribution in [1.82, 2.24) is 0 Å². The monoisotopic (exact) mass is 371 g/mol. The second-order valence-corrected chi connectivity index (χ2v) is 7.46. The van der Waals surface area contributed by atoms with Crippen LogP contribution in [0.15, 0.2) is 18.2 Å². The second kappa shape index (κ2) is 8.35. The van der Waals surface area contributed by atoms with E-state index in [1.807, 2.05) is 6.92 Å². The maximum Gasteiger partial charge on any atom is 0.412 e. The number of benzene rings is 1. The van der Waals surface area contributed by atoms with E-state index in [0.717, 1.165) is 0 Å². The first-order valence-electron chi connectivity index (χ1n) is 7.74. The molecule has 138 valence electrons. The average molecular weight is 371 g/mol. The molecule has 1 aromatic carbocycles. The highest BCUT2D eigenvalue weighted by Crippen LogP contribution is 2.24. The van der Waals surface area contributed by atoms with Crippen LogP contribution in [0.1, 0.15) is 32.8 Å².